The first-order valence-corrected chi connectivity index (χ1v) is 4.23. The lowest BCUT2D eigenvalue weighted by Crippen LogP contribution is -2.20. The van der Waals surface area contributed by atoms with E-state index in [4.69, 9.17) is 0 Å². The third-order valence-corrected chi connectivity index (χ3v) is 1.65. The van der Waals surface area contributed by atoms with E-state index in [9.17, 15) is 18.4 Å². The predicted molar refractivity (Wildman–Crippen MR) is 47.3 cm³/mol. The van der Waals surface area contributed by atoms with Gasteiger partial charge in [-0.3, -0.25) is 4.79 Å². The largest absolute Gasteiger partial charge is 0.460 e. The Kier molecular flexibility index (Phi) is 3.49. The zero-order valence-electron chi connectivity index (χ0n) is 7.92. The van der Waals surface area contributed by atoms with Gasteiger partial charge in [0.2, 0.25) is 0 Å². The van der Waals surface area contributed by atoms with E-state index in [2.05, 4.69) is 4.74 Å². The van der Waals surface area contributed by atoms with Gasteiger partial charge in [0.05, 0.1) is 6.61 Å². The summed E-state index contributed by atoms with van der Waals surface area (Å²) in [5.41, 5.74) is -0.879. The summed E-state index contributed by atoms with van der Waals surface area (Å²) in [5.74, 6) is -4.73. The molecule has 0 N–H and O–H groups in total. The van der Waals surface area contributed by atoms with Crippen LogP contribution in [0.15, 0.2) is 18.2 Å². The van der Waals surface area contributed by atoms with E-state index in [-0.39, 0.29) is 6.61 Å². The number of ether oxygens (including phenoxy) is 1. The molecule has 5 heteroatoms. The molecule has 0 atom stereocenters. The van der Waals surface area contributed by atoms with Crippen LogP contribution in [-0.4, -0.2) is 18.4 Å². The first kappa shape index (κ1) is 11.3. The number of ketones is 1. The van der Waals surface area contributed by atoms with Crippen LogP contribution in [-0.2, 0) is 9.53 Å². The van der Waals surface area contributed by atoms with Crippen molar-refractivity contribution in [1.82, 2.24) is 0 Å². The summed E-state index contributed by atoms with van der Waals surface area (Å²) in [5, 5.41) is 0. The summed E-state index contributed by atoms with van der Waals surface area (Å²) >= 11 is 0. The van der Waals surface area contributed by atoms with Crippen LogP contribution in [0.1, 0.15) is 17.3 Å². The fourth-order valence-corrected chi connectivity index (χ4v) is 1.01. The maximum Gasteiger partial charge on any atom is 0.379 e. The fraction of sp³-hybridized carbons (Fsp3) is 0.200. The van der Waals surface area contributed by atoms with Crippen molar-refractivity contribution < 1.29 is 23.1 Å². The van der Waals surface area contributed by atoms with Crippen LogP contribution in [0.5, 0.6) is 0 Å². The van der Waals surface area contributed by atoms with Gasteiger partial charge in [-0.25, -0.2) is 13.6 Å². The Morgan fingerprint density at radius 2 is 1.80 bits per heavy atom. The van der Waals surface area contributed by atoms with Crippen molar-refractivity contribution >= 4 is 11.8 Å². The van der Waals surface area contributed by atoms with Crippen LogP contribution >= 0.6 is 0 Å². The smallest absolute Gasteiger partial charge is 0.379 e. The van der Waals surface area contributed by atoms with Gasteiger partial charge in [-0.15, -0.1) is 0 Å². The lowest BCUT2D eigenvalue weighted by atomic mass is 10.1. The van der Waals surface area contributed by atoms with Crippen molar-refractivity contribution in [2.45, 2.75) is 6.92 Å². The number of carbonyl (C=O) groups is 2. The zero-order chi connectivity index (χ0) is 11.4. The highest BCUT2D eigenvalue weighted by Gasteiger charge is 2.24. The molecule has 1 aromatic carbocycles. The number of benzene rings is 1. The van der Waals surface area contributed by atoms with Crippen molar-refractivity contribution in [2.24, 2.45) is 0 Å². The van der Waals surface area contributed by atoms with E-state index in [0.29, 0.717) is 0 Å². The van der Waals surface area contributed by atoms with Gasteiger partial charge >= 0.3 is 5.97 Å². The van der Waals surface area contributed by atoms with Gasteiger partial charge in [0.15, 0.2) is 0 Å². The molecule has 0 heterocycles. The second kappa shape index (κ2) is 4.63. The minimum Gasteiger partial charge on any atom is -0.460 e. The molecular weight excluding hydrogens is 206 g/mol. The molecule has 3 nitrogen and oxygen atoms in total. The molecule has 0 bridgehead atoms. The Balaban J connectivity index is 3.06. The average Bonchev–Trinajstić information content (AvgIpc) is 2.17. The van der Waals surface area contributed by atoms with E-state index in [0.717, 1.165) is 18.2 Å². The molecule has 0 amide bonds. The van der Waals surface area contributed by atoms with E-state index in [1.54, 1.807) is 0 Å². The Morgan fingerprint density at radius 3 is 2.27 bits per heavy atom. The summed E-state index contributed by atoms with van der Waals surface area (Å²) in [7, 11) is 0. The first-order valence-electron chi connectivity index (χ1n) is 4.23. The first-order chi connectivity index (χ1) is 7.07. The molecule has 80 valence electrons. The van der Waals surface area contributed by atoms with E-state index >= 15 is 0 Å². The van der Waals surface area contributed by atoms with Gasteiger partial charge in [0, 0.05) is 0 Å². The number of esters is 1. The predicted octanol–water partition coefficient (Wildman–Crippen LogP) is 1.71. The summed E-state index contributed by atoms with van der Waals surface area (Å²) in [6.07, 6.45) is 0. The minimum atomic E-state index is -1.31. The molecule has 0 unspecified atom stereocenters. The van der Waals surface area contributed by atoms with Gasteiger partial charge < -0.3 is 4.74 Å². The van der Waals surface area contributed by atoms with E-state index < -0.39 is 29.0 Å². The molecule has 0 fully saturated rings. The average molecular weight is 214 g/mol. The molecule has 0 spiro atoms. The van der Waals surface area contributed by atoms with Crippen molar-refractivity contribution in [3.8, 4) is 0 Å². The molecule has 0 aromatic heterocycles. The van der Waals surface area contributed by atoms with Crippen LogP contribution in [0, 0.1) is 11.6 Å². The van der Waals surface area contributed by atoms with Crippen LogP contribution < -0.4 is 0 Å². The normalized spacial score (nSPS) is 9.80. The molecule has 0 saturated heterocycles. The Morgan fingerprint density at radius 1 is 1.27 bits per heavy atom. The highest BCUT2D eigenvalue weighted by Crippen LogP contribution is 2.13. The number of rotatable bonds is 3. The maximum atomic E-state index is 13.0. The third kappa shape index (κ3) is 2.37. The van der Waals surface area contributed by atoms with Crippen molar-refractivity contribution in [3.63, 3.8) is 0 Å². The summed E-state index contributed by atoms with van der Waals surface area (Å²) in [4.78, 5) is 22.2. The molecule has 15 heavy (non-hydrogen) atoms. The summed E-state index contributed by atoms with van der Waals surface area (Å²) in [6.45, 7) is 1.46. The van der Waals surface area contributed by atoms with Crippen molar-refractivity contribution in [1.29, 1.82) is 0 Å². The monoisotopic (exact) mass is 214 g/mol. The number of hydrogen-bond donors (Lipinski definition) is 0. The SMILES string of the molecule is CCOC(=O)C(=O)c1c(F)cccc1F. The molecular formula is C10H8F2O3. The highest BCUT2D eigenvalue weighted by atomic mass is 19.1. The summed E-state index contributed by atoms with van der Waals surface area (Å²) < 4.78 is 30.4. The molecule has 0 aliphatic heterocycles. The van der Waals surface area contributed by atoms with Gasteiger partial charge in [-0.1, -0.05) is 6.07 Å². The minimum absolute atomic E-state index is 0.0271. The van der Waals surface area contributed by atoms with E-state index in [1.807, 2.05) is 0 Å². The standard InChI is InChI=1S/C10H8F2O3/c1-2-15-10(14)9(13)8-6(11)4-3-5-7(8)12/h3-5H,2H2,1H3. The van der Waals surface area contributed by atoms with Gasteiger partial charge in [-0.05, 0) is 19.1 Å². The molecule has 1 aromatic rings. The van der Waals surface area contributed by atoms with Gasteiger partial charge in [0.1, 0.15) is 17.2 Å². The zero-order valence-corrected chi connectivity index (χ0v) is 7.92. The summed E-state index contributed by atoms with van der Waals surface area (Å²) in [6, 6.07) is 2.90. The van der Waals surface area contributed by atoms with Crippen LogP contribution in [0.4, 0.5) is 8.78 Å². The second-order valence-corrected chi connectivity index (χ2v) is 2.65. The molecule has 0 saturated carbocycles. The van der Waals surface area contributed by atoms with Crippen LogP contribution in [0.2, 0.25) is 0 Å². The second-order valence-electron chi connectivity index (χ2n) is 2.65. The van der Waals surface area contributed by atoms with Gasteiger partial charge in [-0.2, -0.15) is 0 Å². The van der Waals surface area contributed by atoms with E-state index in [1.165, 1.54) is 6.92 Å². The van der Waals surface area contributed by atoms with Crippen molar-refractivity contribution in [2.75, 3.05) is 6.61 Å². The van der Waals surface area contributed by atoms with Crippen LogP contribution in [0.25, 0.3) is 0 Å². The van der Waals surface area contributed by atoms with Gasteiger partial charge in [0.25, 0.3) is 5.78 Å². The Bertz CT molecular complexity index is 381. The molecule has 1 rings (SSSR count). The Hall–Kier alpha value is -1.78. The molecule has 0 aliphatic carbocycles. The number of halogens is 2. The van der Waals surface area contributed by atoms with Crippen molar-refractivity contribution in [3.05, 3.63) is 35.4 Å². The lowest BCUT2D eigenvalue weighted by molar-refractivity contribution is -0.137. The van der Waals surface area contributed by atoms with Crippen LogP contribution in [0.3, 0.4) is 0 Å². The highest BCUT2D eigenvalue weighted by molar-refractivity contribution is 6.40. The number of carbonyl (C=O) groups excluding carboxylic acids is 2. The maximum absolute atomic E-state index is 13.0. The molecule has 0 aliphatic rings. The Labute approximate surface area is 84.7 Å². The quantitative estimate of drug-likeness (QED) is 0.437. The number of hydrogen-bond acceptors (Lipinski definition) is 3. The third-order valence-electron chi connectivity index (χ3n) is 1.65. The number of Topliss-reactive ketones (excluding diaryl/α,β-unsaturated/α-hetero) is 1. The molecule has 0 radical (unpaired) electrons. The lowest BCUT2D eigenvalue weighted by Gasteiger charge is -2.02. The fourth-order valence-electron chi connectivity index (χ4n) is 1.01. The topological polar surface area (TPSA) is 43.4 Å².